The number of hydrogen-bond acceptors (Lipinski definition) is 6. The van der Waals surface area contributed by atoms with Crippen LogP contribution in [0.25, 0.3) is 0 Å². The molecule has 24 heavy (non-hydrogen) atoms. The molecule has 0 amide bonds. The molecule has 6 heteroatoms. The molecule has 1 aliphatic rings. The number of nitrogens with one attached hydrogen (secondary N) is 1. The molecule has 1 aliphatic heterocycles. The van der Waals surface area contributed by atoms with E-state index in [2.05, 4.69) is 20.2 Å². The third kappa shape index (κ3) is 4.43. The normalized spacial score (nSPS) is 17.3. The summed E-state index contributed by atoms with van der Waals surface area (Å²) in [4.78, 5) is 10.8. The van der Waals surface area contributed by atoms with Gasteiger partial charge in [0.2, 0.25) is 0 Å². The first-order chi connectivity index (χ1) is 11.7. The quantitative estimate of drug-likeness (QED) is 0.841. The molecule has 2 heterocycles. The number of ether oxygens (including phenoxy) is 1. The second-order valence-corrected chi connectivity index (χ2v) is 6.05. The summed E-state index contributed by atoms with van der Waals surface area (Å²) in [5.41, 5.74) is 1.12. The van der Waals surface area contributed by atoms with E-state index in [0.29, 0.717) is 6.42 Å². The lowest BCUT2D eigenvalue weighted by molar-refractivity contribution is 0.122. The van der Waals surface area contributed by atoms with Gasteiger partial charge in [-0.05, 0) is 12.5 Å². The second kappa shape index (κ2) is 8.08. The summed E-state index contributed by atoms with van der Waals surface area (Å²) in [6, 6.07) is 11.8. The average Bonchev–Trinajstić information content (AvgIpc) is 2.63. The van der Waals surface area contributed by atoms with Crippen molar-refractivity contribution >= 4 is 11.6 Å². The minimum atomic E-state index is -0.491. The molecule has 128 valence electrons. The highest BCUT2D eigenvalue weighted by Gasteiger charge is 2.17. The van der Waals surface area contributed by atoms with E-state index in [1.165, 1.54) is 0 Å². The van der Waals surface area contributed by atoms with Crippen molar-refractivity contribution in [2.75, 3.05) is 36.5 Å². The lowest BCUT2D eigenvalue weighted by Crippen LogP contribution is -2.37. The molecule has 6 nitrogen and oxygen atoms in total. The Morgan fingerprint density at radius 2 is 1.96 bits per heavy atom. The van der Waals surface area contributed by atoms with E-state index >= 15 is 0 Å². The maximum atomic E-state index is 10.4. The van der Waals surface area contributed by atoms with Crippen LogP contribution >= 0.6 is 0 Å². The molecule has 0 spiro atoms. The number of aliphatic hydroxyl groups is 1. The molecule has 2 aromatic rings. The van der Waals surface area contributed by atoms with Crippen LogP contribution < -0.4 is 10.2 Å². The van der Waals surface area contributed by atoms with Crippen LogP contribution in [0.3, 0.4) is 0 Å². The first kappa shape index (κ1) is 16.7. The number of benzene rings is 1. The van der Waals surface area contributed by atoms with Gasteiger partial charge in [-0.1, -0.05) is 30.3 Å². The van der Waals surface area contributed by atoms with E-state index in [-0.39, 0.29) is 6.04 Å². The molecule has 1 aromatic heterocycles. The Bertz CT molecular complexity index is 632. The summed E-state index contributed by atoms with van der Waals surface area (Å²) < 4.78 is 5.37. The fraction of sp³-hybridized carbons (Fsp3) is 0.444. The largest absolute Gasteiger partial charge is 0.391 e. The fourth-order valence-electron chi connectivity index (χ4n) is 2.75. The Morgan fingerprint density at radius 1 is 1.21 bits per heavy atom. The van der Waals surface area contributed by atoms with Crippen molar-refractivity contribution in [3.05, 3.63) is 48.3 Å². The van der Waals surface area contributed by atoms with Crippen LogP contribution in [0.1, 0.15) is 12.5 Å². The third-order valence-corrected chi connectivity index (χ3v) is 4.23. The Hall–Kier alpha value is -2.18. The second-order valence-electron chi connectivity index (χ2n) is 6.05. The van der Waals surface area contributed by atoms with Crippen molar-refractivity contribution in [2.45, 2.75) is 25.5 Å². The molecule has 0 bridgehead atoms. The zero-order valence-corrected chi connectivity index (χ0v) is 13.9. The van der Waals surface area contributed by atoms with E-state index in [1.54, 1.807) is 6.33 Å². The Morgan fingerprint density at radius 3 is 2.71 bits per heavy atom. The van der Waals surface area contributed by atoms with Gasteiger partial charge in [0.15, 0.2) is 0 Å². The molecule has 0 unspecified atom stereocenters. The SMILES string of the molecule is C[C@@H](Nc1cc(N2CCOCC2)ncn1)[C@@H](O)Cc1ccccc1. The maximum absolute atomic E-state index is 10.4. The van der Waals surface area contributed by atoms with Crippen LogP contribution in [-0.2, 0) is 11.2 Å². The van der Waals surface area contributed by atoms with Gasteiger partial charge in [-0.15, -0.1) is 0 Å². The third-order valence-electron chi connectivity index (χ3n) is 4.23. The topological polar surface area (TPSA) is 70.5 Å². The van der Waals surface area contributed by atoms with Gasteiger partial charge in [0.1, 0.15) is 18.0 Å². The molecular formula is C18H24N4O2. The van der Waals surface area contributed by atoms with Crippen LogP contribution in [0, 0.1) is 0 Å². The molecule has 0 saturated carbocycles. The molecule has 1 fully saturated rings. The highest BCUT2D eigenvalue weighted by atomic mass is 16.5. The number of anilines is 2. The Labute approximate surface area is 142 Å². The van der Waals surface area contributed by atoms with Gasteiger partial charge in [0.25, 0.3) is 0 Å². The molecule has 2 N–H and O–H groups in total. The fourth-order valence-corrected chi connectivity index (χ4v) is 2.75. The monoisotopic (exact) mass is 328 g/mol. The first-order valence-electron chi connectivity index (χ1n) is 8.35. The van der Waals surface area contributed by atoms with Crippen molar-refractivity contribution in [3.8, 4) is 0 Å². The van der Waals surface area contributed by atoms with Crippen LogP contribution in [0.5, 0.6) is 0 Å². The van der Waals surface area contributed by atoms with Gasteiger partial charge >= 0.3 is 0 Å². The predicted molar refractivity (Wildman–Crippen MR) is 94.3 cm³/mol. The van der Waals surface area contributed by atoms with Crippen molar-refractivity contribution in [1.29, 1.82) is 0 Å². The van der Waals surface area contributed by atoms with Gasteiger partial charge in [0.05, 0.1) is 25.4 Å². The maximum Gasteiger partial charge on any atom is 0.134 e. The number of morpholine rings is 1. The molecule has 2 atom stereocenters. The summed E-state index contributed by atoms with van der Waals surface area (Å²) in [5.74, 6) is 1.62. The summed E-state index contributed by atoms with van der Waals surface area (Å²) in [5, 5.41) is 13.7. The molecule has 1 saturated heterocycles. The van der Waals surface area contributed by atoms with Crippen molar-refractivity contribution in [2.24, 2.45) is 0 Å². The van der Waals surface area contributed by atoms with Crippen molar-refractivity contribution in [3.63, 3.8) is 0 Å². The zero-order chi connectivity index (χ0) is 16.8. The number of aliphatic hydroxyl groups excluding tert-OH is 1. The number of aromatic nitrogens is 2. The van der Waals surface area contributed by atoms with Gasteiger partial charge in [-0.25, -0.2) is 9.97 Å². The van der Waals surface area contributed by atoms with Gasteiger partial charge in [0, 0.05) is 25.6 Å². The summed E-state index contributed by atoms with van der Waals surface area (Å²) in [7, 11) is 0. The lowest BCUT2D eigenvalue weighted by atomic mass is 10.0. The minimum Gasteiger partial charge on any atom is -0.391 e. The van der Waals surface area contributed by atoms with Gasteiger partial charge < -0.3 is 20.1 Å². The molecule has 3 rings (SSSR count). The average molecular weight is 328 g/mol. The molecule has 0 aliphatic carbocycles. The zero-order valence-electron chi connectivity index (χ0n) is 13.9. The smallest absolute Gasteiger partial charge is 0.134 e. The Kier molecular flexibility index (Phi) is 5.61. The Balaban J connectivity index is 1.60. The van der Waals surface area contributed by atoms with E-state index in [9.17, 15) is 5.11 Å². The minimum absolute atomic E-state index is 0.113. The molecular weight excluding hydrogens is 304 g/mol. The van der Waals surface area contributed by atoms with Crippen LogP contribution in [0.4, 0.5) is 11.6 Å². The number of nitrogens with zero attached hydrogens (tertiary/aromatic N) is 3. The van der Waals surface area contributed by atoms with Crippen molar-refractivity contribution in [1.82, 2.24) is 9.97 Å². The summed E-state index contributed by atoms with van der Waals surface area (Å²) >= 11 is 0. The molecule has 1 aromatic carbocycles. The summed E-state index contributed by atoms with van der Waals surface area (Å²) in [6.07, 6.45) is 1.68. The van der Waals surface area contributed by atoms with E-state index in [1.807, 2.05) is 43.3 Å². The van der Waals surface area contributed by atoms with E-state index in [0.717, 1.165) is 43.5 Å². The predicted octanol–water partition coefficient (Wildman–Crippen LogP) is 1.72. The van der Waals surface area contributed by atoms with Crippen LogP contribution in [0.15, 0.2) is 42.7 Å². The van der Waals surface area contributed by atoms with Gasteiger partial charge in [-0.2, -0.15) is 0 Å². The van der Waals surface area contributed by atoms with E-state index in [4.69, 9.17) is 4.74 Å². The van der Waals surface area contributed by atoms with Crippen molar-refractivity contribution < 1.29 is 9.84 Å². The summed E-state index contributed by atoms with van der Waals surface area (Å²) in [6.45, 7) is 5.08. The van der Waals surface area contributed by atoms with Crippen LogP contribution in [0.2, 0.25) is 0 Å². The van der Waals surface area contributed by atoms with Gasteiger partial charge in [-0.3, -0.25) is 0 Å². The lowest BCUT2D eigenvalue weighted by Gasteiger charge is -2.28. The highest BCUT2D eigenvalue weighted by molar-refractivity contribution is 5.49. The number of hydrogen-bond donors (Lipinski definition) is 2. The first-order valence-corrected chi connectivity index (χ1v) is 8.35. The number of rotatable bonds is 6. The highest BCUT2D eigenvalue weighted by Crippen LogP contribution is 2.17. The van der Waals surface area contributed by atoms with E-state index < -0.39 is 6.10 Å². The molecule has 0 radical (unpaired) electrons. The standard InChI is InChI=1S/C18H24N4O2/c1-14(16(23)11-15-5-3-2-4-6-15)21-17-12-18(20-13-19-17)22-7-9-24-10-8-22/h2-6,12-14,16,23H,7-11H2,1H3,(H,19,20,21)/t14-,16+/m1/s1. The van der Waals surface area contributed by atoms with Crippen LogP contribution in [-0.4, -0.2) is 53.5 Å².